The number of carbonyl (C=O) groups is 1. The van der Waals surface area contributed by atoms with Gasteiger partial charge in [-0.2, -0.15) is 0 Å². The highest BCUT2D eigenvalue weighted by Crippen LogP contribution is 2.18. The third-order valence-electron chi connectivity index (χ3n) is 4.85. The fourth-order valence-corrected chi connectivity index (χ4v) is 3.41. The molecule has 0 bridgehead atoms. The van der Waals surface area contributed by atoms with Crippen LogP contribution in [-0.4, -0.2) is 15.8 Å². The Morgan fingerprint density at radius 2 is 1.50 bits per heavy atom. The van der Waals surface area contributed by atoms with Crippen molar-refractivity contribution in [2.75, 3.05) is 0 Å². The lowest BCUT2D eigenvalue weighted by Crippen LogP contribution is -2.16. The molecule has 150 valence electrons. The highest BCUT2D eigenvalue weighted by atomic mass is 19.1. The largest absolute Gasteiger partial charge is 0.511 e. The summed E-state index contributed by atoms with van der Waals surface area (Å²) in [6, 6.07) is 21.4. The first-order valence-electron chi connectivity index (χ1n) is 9.35. The van der Waals surface area contributed by atoms with Crippen molar-refractivity contribution >= 4 is 17.1 Å². The van der Waals surface area contributed by atoms with E-state index in [1.165, 1.54) is 18.3 Å². The van der Waals surface area contributed by atoms with E-state index in [1.54, 1.807) is 28.8 Å². The van der Waals surface area contributed by atoms with Crippen LogP contribution in [0.15, 0.2) is 83.8 Å². The molecule has 6 heteroatoms. The number of aromatic nitrogens is 1. The second-order valence-electron chi connectivity index (χ2n) is 6.96. The third kappa shape index (κ3) is 4.22. The molecular weight excluding hydrogens is 385 g/mol. The Hall–Kier alpha value is -3.93. The number of halogens is 1. The van der Waals surface area contributed by atoms with Gasteiger partial charge in [0.25, 0.3) is 0 Å². The molecule has 0 fully saturated rings. The van der Waals surface area contributed by atoms with Crippen LogP contribution in [0, 0.1) is 5.82 Å². The normalized spacial score (nSPS) is 10.8. The molecule has 0 aliphatic carbocycles. The Balaban J connectivity index is 1.62. The van der Waals surface area contributed by atoms with Gasteiger partial charge in [-0.25, -0.2) is 9.18 Å². The zero-order chi connectivity index (χ0) is 21.1. The quantitative estimate of drug-likeness (QED) is 0.485. The van der Waals surface area contributed by atoms with Gasteiger partial charge in [0.15, 0.2) is 5.75 Å². The number of hydrogen-bond acceptors (Lipinski definition) is 3. The Morgan fingerprint density at radius 3 is 2.17 bits per heavy atom. The number of ether oxygens (including phenoxy) is 1. The summed E-state index contributed by atoms with van der Waals surface area (Å²) in [7, 11) is 0. The van der Waals surface area contributed by atoms with Crippen LogP contribution in [-0.2, 0) is 13.0 Å². The SMILES string of the molecule is O=C(O)Oc1cn(Cc2ccc(Cc3ccc(F)cc3)cc2)c2ccccc2c1=O. The molecule has 0 spiro atoms. The van der Waals surface area contributed by atoms with Crippen LogP contribution in [0.1, 0.15) is 16.7 Å². The number of carboxylic acid groups (broad SMARTS) is 1. The maximum Gasteiger partial charge on any atom is 0.511 e. The first-order chi connectivity index (χ1) is 14.5. The van der Waals surface area contributed by atoms with Gasteiger partial charge < -0.3 is 14.4 Å². The molecular formula is C24H18FNO4. The van der Waals surface area contributed by atoms with Crippen molar-refractivity contribution in [2.24, 2.45) is 0 Å². The number of rotatable bonds is 5. The first kappa shape index (κ1) is 19.4. The van der Waals surface area contributed by atoms with Crippen LogP contribution in [0.5, 0.6) is 5.75 Å². The fraction of sp³-hybridized carbons (Fsp3) is 0.0833. The number of para-hydroxylation sites is 1. The van der Waals surface area contributed by atoms with Gasteiger partial charge in [-0.1, -0.05) is 48.5 Å². The number of nitrogens with zero attached hydrogens (tertiary/aromatic N) is 1. The molecule has 0 amide bonds. The van der Waals surface area contributed by atoms with E-state index in [9.17, 15) is 14.0 Å². The summed E-state index contributed by atoms with van der Waals surface area (Å²) >= 11 is 0. The molecule has 0 radical (unpaired) electrons. The summed E-state index contributed by atoms with van der Waals surface area (Å²) in [6.45, 7) is 0.438. The van der Waals surface area contributed by atoms with E-state index >= 15 is 0 Å². The zero-order valence-corrected chi connectivity index (χ0v) is 15.9. The third-order valence-corrected chi connectivity index (χ3v) is 4.85. The van der Waals surface area contributed by atoms with Crippen molar-refractivity contribution in [3.8, 4) is 5.75 Å². The smallest absolute Gasteiger partial charge is 0.449 e. The molecule has 1 heterocycles. The van der Waals surface area contributed by atoms with Crippen molar-refractivity contribution < 1.29 is 19.0 Å². The second-order valence-corrected chi connectivity index (χ2v) is 6.96. The zero-order valence-electron chi connectivity index (χ0n) is 15.9. The first-order valence-corrected chi connectivity index (χ1v) is 9.35. The summed E-state index contributed by atoms with van der Waals surface area (Å²) in [5.41, 5.74) is 3.32. The van der Waals surface area contributed by atoms with Crippen molar-refractivity contribution in [2.45, 2.75) is 13.0 Å². The molecule has 0 saturated carbocycles. The van der Waals surface area contributed by atoms with E-state index in [2.05, 4.69) is 4.74 Å². The minimum Gasteiger partial charge on any atom is -0.449 e. The summed E-state index contributed by atoms with van der Waals surface area (Å²) < 4.78 is 19.5. The van der Waals surface area contributed by atoms with Gasteiger partial charge in [0.2, 0.25) is 5.43 Å². The Kier molecular flexibility index (Phi) is 5.30. The highest BCUT2D eigenvalue weighted by Gasteiger charge is 2.13. The van der Waals surface area contributed by atoms with E-state index in [0.29, 0.717) is 23.9 Å². The maximum absolute atomic E-state index is 13.1. The lowest BCUT2D eigenvalue weighted by atomic mass is 10.0. The molecule has 3 aromatic carbocycles. The van der Waals surface area contributed by atoms with E-state index < -0.39 is 11.6 Å². The molecule has 1 aromatic heterocycles. The Labute approximate surface area is 171 Å². The van der Waals surface area contributed by atoms with Crippen molar-refractivity contribution in [3.05, 3.63) is 112 Å². The van der Waals surface area contributed by atoms with Crippen molar-refractivity contribution in [3.63, 3.8) is 0 Å². The number of fused-ring (bicyclic) bond motifs is 1. The predicted octanol–water partition coefficient (Wildman–Crippen LogP) is 4.84. The van der Waals surface area contributed by atoms with Crippen LogP contribution in [0.4, 0.5) is 9.18 Å². The summed E-state index contributed by atoms with van der Waals surface area (Å²) in [6.07, 6.45) is 0.586. The van der Waals surface area contributed by atoms with E-state index in [1.807, 2.05) is 36.4 Å². The van der Waals surface area contributed by atoms with Gasteiger partial charge in [0.05, 0.1) is 11.7 Å². The number of hydrogen-bond donors (Lipinski definition) is 1. The molecule has 0 aliphatic heterocycles. The lowest BCUT2D eigenvalue weighted by molar-refractivity contribution is 0.144. The van der Waals surface area contributed by atoms with Crippen LogP contribution in [0.3, 0.4) is 0 Å². The topological polar surface area (TPSA) is 68.5 Å². The minimum atomic E-state index is -1.53. The molecule has 4 rings (SSSR count). The molecule has 1 N–H and O–H groups in total. The summed E-state index contributed by atoms with van der Waals surface area (Å²) in [5.74, 6) is -0.483. The van der Waals surface area contributed by atoms with Crippen LogP contribution in [0.25, 0.3) is 10.9 Å². The lowest BCUT2D eigenvalue weighted by Gasteiger charge is -2.13. The minimum absolute atomic E-state index is 0.228. The average Bonchev–Trinajstić information content (AvgIpc) is 2.74. The summed E-state index contributed by atoms with van der Waals surface area (Å²) in [4.78, 5) is 23.4. The summed E-state index contributed by atoms with van der Waals surface area (Å²) in [5, 5.41) is 9.31. The second kappa shape index (κ2) is 8.21. The molecule has 0 unspecified atom stereocenters. The van der Waals surface area contributed by atoms with E-state index in [0.717, 1.165) is 16.7 Å². The van der Waals surface area contributed by atoms with Crippen molar-refractivity contribution in [1.29, 1.82) is 0 Å². The fourth-order valence-electron chi connectivity index (χ4n) is 3.41. The van der Waals surface area contributed by atoms with Crippen LogP contribution < -0.4 is 10.2 Å². The van der Waals surface area contributed by atoms with E-state index in [-0.39, 0.29) is 11.6 Å². The highest BCUT2D eigenvalue weighted by molar-refractivity contribution is 5.81. The molecule has 0 atom stereocenters. The van der Waals surface area contributed by atoms with Gasteiger partial charge in [-0.3, -0.25) is 4.79 Å². The predicted molar refractivity (Wildman–Crippen MR) is 112 cm³/mol. The molecule has 4 aromatic rings. The Bertz CT molecular complexity index is 1260. The standard InChI is InChI=1S/C24H18FNO4/c25-19-11-9-17(10-12-19)13-16-5-7-18(8-6-16)14-26-15-22(30-24(28)29)23(27)20-3-1-2-4-21(20)26/h1-12,15H,13-14H2,(H,28,29). The average molecular weight is 403 g/mol. The molecule has 0 saturated heterocycles. The van der Waals surface area contributed by atoms with Crippen LogP contribution in [0.2, 0.25) is 0 Å². The van der Waals surface area contributed by atoms with Gasteiger partial charge >= 0.3 is 6.16 Å². The maximum atomic E-state index is 13.1. The van der Waals surface area contributed by atoms with Gasteiger partial charge in [0.1, 0.15) is 5.82 Å². The molecule has 5 nitrogen and oxygen atoms in total. The van der Waals surface area contributed by atoms with Gasteiger partial charge in [-0.05, 0) is 47.4 Å². The van der Waals surface area contributed by atoms with Gasteiger partial charge in [-0.15, -0.1) is 0 Å². The number of benzene rings is 3. The van der Waals surface area contributed by atoms with Crippen LogP contribution >= 0.6 is 0 Å². The number of pyridine rings is 1. The van der Waals surface area contributed by atoms with Gasteiger partial charge in [0, 0.05) is 11.9 Å². The molecule has 0 aliphatic rings. The van der Waals surface area contributed by atoms with E-state index in [4.69, 9.17) is 5.11 Å². The Morgan fingerprint density at radius 1 is 0.900 bits per heavy atom. The van der Waals surface area contributed by atoms with Crippen molar-refractivity contribution in [1.82, 2.24) is 4.57 Å². The molecule has 30 heavy (non-hydrogen) atoms. The monoisotopic (exact) mass is 403 g/mol.